The van der Waals surface area contributed by atoms with Crippen LogP contribution < -0.4 is 9.64 Å². The number of halogens is 2. The summed E-state index contributed by atoms with van der Waals surface area (Å²) >= 11 is 5.87. The molecule has 0 aliphatic carbocycles. The largest absolute Gasteiger partial charge is 0.497 e. The van der Waals surface area contributed by atoms with Crippen molar-refractivity contribution in [3.63, 3.8) is 0 Å². The third kappa shape index (κ3) is 2.98. The van der Waals surface area contributed by atoms with Crippen LogP contribution in [0.3, 0.4) is 0 Å². The Balaban J connectivity index is 2.33. The van der Waals surface area contributed by atoms with Gasteiger partial charge in [-0.3, -0.25) is 4.79 Å². The third-order valence-corrected chi connectivity index (χ3v) is 4.22. The second-order valence-electron chi connectivity index (χ2n) is 4.16. The van der Waals surface area contributed by atoms with Crippen LogP contribution in [-0.2, 0) is 15.0 Å². The van der Waals surface area contributed by atoms with E-state index in [2.05, 4.69) is 0 Å². The minimum absolute atomic E-state index is 0.221. The van der Waals surface area contributed by atoms with Crippen LogP contribution in [0.1, 0.15) is 6.42 Å². The molecule has 1 fully saturated rings. The van der Waals surface area contributed by atoms with Crippen molar-refractivity contribution >= 4 is 33.4 Å². The van der Waals surface area contributed by atoms with E-state index in [0.29, 0.717) is 16.5 Å². The fourth-order valence-corrected chi connectivity index (χ4v) is 2.82. The maximum absolute atomic E-state index is 12.9. The Morgan fingerprint density at radius 3 is 2.63 bits per heavy atom. The highest BCUT2D eigenvalue weighted by Crippen LogP contribution is 2.31. The lowest BCUT2D eigenvalue weighted by Gasteiger charge is -2.17. The summed E-state index contributed by atoms with van der Waals surface area (Å²) in [5.74, 6) is -0.0302. The fourth-order valence-electron chi connectivity index (χ4n) is 1.93. The molecule has 0 saturated carbocycles. The molecule has 1 aliphatic heterocycles. The summed E-state index contributed by atoms with van der Waals surface area (Å²) in [4.78, 5) is 12.9. The van der Waals surface area contributed by atoms with Gasteiger partial charge >= 0.3 is 10.2 Å². The molecule has 1 aliphatic rings. The lowest BCUT2D eigenvalue weighted by atomic mass is 10.3. The third-order valence-electron chi connectivity index (χ3n) is 2.89. The van der Waals surface area contributed by atoms with Crippen LogP contribution in [0.25, 0.3) is 0 Å². The van der Waals surface area contributed by atoms with Gasteiger partial charge in [0.15, 0.2) is 0 Å². The molecule has 1 atom stereocenters. The molecule has 1 aromatic carbocycles. The van der Waals surface area contributed by atoms with Crippen molar-refractivity contribution in [2.75, 3.05) is 18.6 Å². The van der Waals surface area contributed by atoms with E-state index in [1.165, 1.54) is 24.1 Å². The van der Waals surface area contributed by atoms with Crippen molar-refractivity contribution in [1.29, 1.82) is 0 Å². The van der Waals surface area contributed by atoms with Crippen LogP contribution in [-0.4, -0.2) is 33.2 Å². The quantitative estimate of drug-likeness (QED) is 0.798. The first kappa shape index (κ1) is 14.1. The zero-order valence-electron chi connectivity index (χ0n) is 9.97. The normalized spacial score (nSPS) is 19.8. The molecule has 19 heavy (non-hydrogen) atoms. The highest BCUT2D eigenvalue weighted by atomic mass is 35.5. The highest BCUT2D eigenvalue weighted by molar-refractivity contribution is 7.87. The number of hydrogen-bond acceptors (Lipinski definition) is 4. The predicted molar refractivity (Wildman–Crippen MR) is 68.8 cm³/mol. The molecule has 104 valence electrons. The molecule has 1 heterocycles. The summed E-state index contributed by atoms with van der Waals surface area (Å²) in [5, 5.41) is -0.987. The number of nitrogens with zero attached hydrogens (tertiary/aromatic N) is 1. The van der Waals surface area contributed by atoms with E-state index in [-0.39, 0.29) is 13.0 Å². The SMILES string of the molecule is COc1cc(Cl)cc(N2CC(S(=O)(=O)F)CC2=O)c1. The van der Waals surface area contributed by atoms with Crippen LogP contribution in [0.15, 0.2) is 18.2 Å². The van der Waals surface area contributed by atoms with Crippen molar-refractivity contribution in [2.24, 2.45) is 0 Å². The molecule has 1 aromatic rings. The molecule has 0 aromatic heterocycles. The summed E-state index contributed by atoms with van der Waals surface area (Å²) in [6.45, 7) is -0.221. The standard InChI is InChI=1S/C11H11ClFNO4S/c1-18-9-3-7(12)2-8(4-9)14-6-10(5-11(14)15)19(13,16)17/h2-4,10H,5-6H2,1H3. The number of methoxy groups -OCH3 is 1. The van der Waals surface area contributed by atoms with Crippen molar-refractivity contribution in [3.8, 4) is 5.75 Å². The van der Waals surface area contributed by atoms with E-state index in [4.69, 9.17) is 16.3 Å². The molecular weight excluding hydrogens is 297 g/mol. The lowest BCUT2D eigenvalue weighted by Crippen LogP contribution is -2.26. The Bertz CT molecular complexity index is 619. The zero-order chi connectivity index (χ0) is 14.2. The predicted octanol–water partition coefficient (Wildman–Crippen LogP) is 1.75. The summed E-state index contributed by atoms with van der Waals surface area (Å²) in [5.41, 5.74) is 0.389. The van der Waals surface area contributed by atoms with Gasteiger partial charge in [0.2, 0.25) is 5.91 Å². The molecular formula is C11H11ClFNO4S. The summed E-state index contributed by atoms with van der Waals surface area (Å²) in [7, 11) is -3.29. The number of amides is 1. The van der Waals surface area contributed by atoms with Gasteiger partial charge in [-0.05, 0) is 12.1 Å². The van der Waals surface area contributed by atoms with Crippen molar-refractivity contribution < 1.29 is 21.8 Å². The number of hydrogen-bond donors (Lipinski definition) is 0. The van der Waals surface area contributed by atoms with Crippen LogP contribution >= 0.6 is 11.6 Å². The Morgan fingerprint density at radius 1 is 1.42 bits per heavy atom. The Kier molecular flexibility index (Phi) is 3.69. The van der Waals surface area contributed by atoms with E-state index >= 15 is 0 Å². The van der Waals surface area contributed by atoms with E-state index in [1.807, 2.05) is 0 Å². The topological polar surface area (TPSA) is 63.7 Å². The summed E-state index contributed by atoms with van der Waals surface area (Å²) < 4.78 is 39.6. The maximum Gasteiger partial charge on any atom is 0.307 e. The van der Waals surface area contributed by atoms with Gasteiger partial charge < -0.3 is 9.64 Å². The minimum Gasteiger partial charge on any atom is -0.497 e. The van der Waals surface area contributed by atoms with Crippen LogP contribution in [0.4, 0.5) is 9.57 Å². The molecule has 1 saturated heterocycles. The van der Waals surface area contributed by atoms with E-state index in [1.54, 1.807) is 6.07 Å². The van der Waals surface area contributed by atoms with Gasteiger partial charge in [0, 0.05) is 29.7 Å². The van der Waals surface area contributed by atoms with Crippen LogP contribution in [0.2, 0.25) is 5.02 Å². The monoisotopic (exact) mass is 307 g/mol. The van der Waals surface area contributed by atoms with E-state index < -0.39 is 21.4 Å². The van der Waals surface area contributed by atoms with Crippen molar-refractivity contribution in [1.82, 2.24) is 0 Å². The van der Waals surface area contributed by atoms with Crippen molar-refractivity contribution in [3.05, 3.63) is 23.2 Å². The molecule has 0 radical (unpaired) electrons. The molecule has 1 amide bonds. The van der Waals surface area contributed by atoms with Gasteiger partial charge in [0.25, 0.3) is 0 Å². The number of rotatable bonds is 3. The highest BCUT2D eigenvalue weighted by Gasteiger charge is 2.39. The number of anilines is 1. The molecule has 8 heteroatoms. The van der Waals surface area contributed by atoms with Gasteiger partial charge in [-0.25, -0.2) is 0 Å². The fraction of sp³-hybridized carbons (Fsp3) is 0.364. The smallest absolute Gasteiger partial charge is 0.307 e. The Labute approximate surface area is 115 Å². The first-order chi connectivity index (χ1) is 8.81. The molecule has 0 N–H and O–H groups in total. The molecule has 2 rings (SSSR count). The number of carbonyl (C=O) groups excluding carboxylic acids is 1. The average molecular weight is 308 g/mol. The summed E-state index contributed by atoms with van der Waals surface area (Å²) in [6, 6.07) is 4.58. The van der Waals surface area contributed by atoms with Crippen LogP contribution in [0, 0.1) is 0 Å². The van der Waals surface area contributed by atoms with Crippen molar-refractivity contribution in [2.45, 2.75) is 11.7 Å². The van der Waals surface area contributed by atoms with Gasteiger partial charge in [-0.2, -0.15) is 8.42 Å². The number of ether oxygens (including phenoxy) is 1. The summed E-state index contributed by atoms with van der Waals surface area (Å²) in [6.07, 6.45) is -0.367. The van der Waals surface area contributed by atoms with E-state index in [0.717, 1.165) is 0 Å². The van der Waals surface area contributed by atoms with E-state index in [9.17, 15) is 17.1 Å². The molecule has 1 unspecified atom stereocenters. The molecule has 0 spiro atoms. The van der Waals surface area contributed by atoms with Gasteiger partial charge in [-0.15, -0.1) is 3.89 Å². The van der Waals surface area contributed by atoms with Crippen LogP contribution in [0.5, 0.6) is 5.75 Å². The minimum atomic E-state index is -4.73. The molecule has 5 nitrogen and oxygen atoms in total. The average Bonchev–Trinajstić information content (AvgIpc) is 2.70. The first-order valence-electron chi connectivity index (χ1n) is 5.39. The second kappa shape index (κ2) is 4.97. The first-order valence-corrected chi connectivity index (χ1v) is 7.22. The van der Waals surface area contributed by atoms with Gasteiger partial charge in [-0.1, -0.05) is 11.6 Å². The number of benzene rings is 1. The Morgan fingerprint density at radius 2 is 2.11 bits per heavy atom. The second-order valence-corrected chi connectivity index (χ2v) is 6.21. The lowest BCUT2D eigenvalue weighted by molar-refractivity contribution is -0.117. The van der Waals surface area contributed by atoms with Gasteiger partial charge in [0.1, 0.15) is 11.0 Å². The number of carbonyl (C=O) groups is 1. The zero-order valence-corrected chi connectivity index (χ0v) is 11.5. The molecule has 0 bridgehead atoms. The van der Waals surface area contributed by atoms with Gasteiger partial charge in [0.05, 0.1) is 7.11 Å². The Hall–Kier alpha value is -1.34. The maximum atomic E-state index is 12.9.